The number of nitrogens with zero attached hydrogens (tertiary/aromatic N) is 4. The summed E-state index contributed by atoms with van der Waals surface area (Å²) in [7, 11) is 0. The smallest absolute Gasteiger partial charge is 0.267 e. The Bertz CT molecular complexity index is 700. The summed E-state index contributed by atoms with van der Waals surface area (Å²) in [6.45, 7) is 4.70. The van der Waals surface area contributed by atoms with E-state index in [0.717, 1.165) is 11.4 Å². The average molecular weight is 287 g/mol. The molecular weight excluding hydrogens is 270 g/mol. The van der Waals surface area contributed by atoms with Crippen LogP contribution in [-0.2, 0) is 4.74 Å². The molecule has 1 aliphatic rings. The number of nitrogens with one attached hydrogen (secondary N) is 1. The zero-order valence-electron chi connectivity index (χ0n) is 12.0. The van der Waals surface area contributed by atoms with E-state index >= 15 is 0 Å². The summed E-state index contributed by atoms with van der Waals surface area (Å²) < 4.78 is 7.00. The minimum atomic E-state index is -0.153. The number of hydrogen-bond acceptors (Lipinski definition) is 6. The first-order valence-corrected chi connectivity index (χ1v) is 6.83. The molecule has 0 aromatic carbocycles. The van der Waals surface area contributed by atoms with E-state index < -0.39 is 0 Å². The highest BCUT2D eigenvalue weighted by Crippen LogP contribution is 2.20. The van der Waals surface area contributed by atoms with Crippen LogP contribution in [0.3, 0.4) is 0 Å². The molecule has 1 aliphatic heterocycles. The SMILES string of the molecule is Cc1cncc(NC2COCC2n2nc(C)ccc2=O)n1. The molecule has 110 valence electrons. The third kappa shape index (κ3) is 2.92. The van der Waals surface area contributed by atoms with Gasteiger partial charge in [-0.2, -0.15) is 5.10 Å². The second-order valence-corrected chi connectivity index (χ2v) is 5.16. The number of hydrogen-bond donors (Lipinski definition) is 1. The number of anilines is 1. The van der Waals surface area contributed by atoms with Gasteiger partial charge in [-0.1, -0.05) is 0 Å². The molecule has 7 nitrogen and oxygen atoms in total. The molecule has 0 bridgehead atoms. The molecule has 7 heteroatoms. The highest BCUT2D eigenvalue weighted by molar-refractivity contribution is 5.33. The minimum Gasteiger partial charge on any atom is -0.377 e. The van der Waals surface area contributed by atoms with Crippen molar-refractivity contribution in [2.75, 3.05) is 18.5 Å². The summed E-state index contributed by atoms with van der Waals surface area (Å²) in [4.78, 5) is 20.5. The van der Waals surface area contributed by atoms with Gasteiger partial charge in [0.2, 0.25) is 0 Å². The first-order chi connectivity index (χ1) is 10.1. The Hall–Kier alpha value is -2.28. The lowest BCUT2D eigenvalue weighted by Crippen LogP contribution is -2.37. The molecule has 1 N–H and O–H groups in total. The third-order valence-electron chi connectivity index (χ3n) is 3.41. The Morgan fingerprint density at radius 3 is 2.90 bits per heavy atom. The van der Waals surface area contributed by atoms with Gasteiger partial charge in [0.15, 0.2) is 0 Å². The summed E-state index contributed by atoms with van der Waals surface area (Å²) >= 11 is 0. The van der Waals surface area contributed by atoms with Gasteiger partial charge in [0, 0.05) is 12.3 Å². The Balaban J connectivity index is 1.85. The maximum atomic E-state index is 12.0. The van der Waals surface area contributed by atoms with Gasteiger partial charge in [-0.25, -0.2) is 9.67 Å². The van der Waals surface area contributed by atoms with E-state index in [9.17, 15) is 4.79 Å². The normalized spacial score (nSPS) is 21.4. The topological polar surface area (TPSA) is 81.9 Å². The van der Waals surface area contributed by atoms with Crippen LogP contribution < -0.4 is 10.9 Å². The van der Waals surface area contributed by atoms with Crippen LogP contribution in [0.2, 0.25) is 0 Å². The number of ether oxygens (including phenoxy) is 1. The van der Waals surface area contributed by atoms with E-state index in [1.165, 1.54) is 10.7 Å². The van der Waals surface area contributed by atoms with Crippen molar-refractivity contribution in [1.29, 1.82) is 0 Å². The summed E-state index contributed by atoms with van der Waals surface area (Å²) in [5.74, 6) is 0.677. The lowest BCUT2D eigenvalue weighted by Gasteiger charge is -2.20. The molecule has 2 atom stereocenters. The Morgan fingerprint density at radius 2 is 2.10 bits per heavy atom. The first kappa shape index (κ1) is 13.7. The molecule has 0 saturated carbocycles. The van der Waals surface area contributed by atoms with Crippen LogP contribution in [-0.4, -0.2) is 39.0 Å². The van der Waals surface area contributed by atoms with Gasteiger partial charge >= 0.3 is 0 Å². The lowest BCUT2D eigenvalue weighted by molar-refractivity contribution is 0.182. The standard InChI is InChI=1S/C14H17N5O2/c1-9-3-4-14(20)19(18-9)12-8-21-7-11(12)17-13-6-15-5-10(2)16-13/h3-6,11-12H,7-8H2,1-2H3,(H,16,17). The van der Waals surface area contributed by atoms with Gasteiger partial charge in [0.25, 0.3) is 5.56 Å². The number of rotatable bonds is 3. The predicted molar refractivity (Wildman–Crippen MR) is 77.3 cm³/mol. The van der Waals surface area contributed by atoms with E-state index in [0.29, 0.717) is 19.0 Å². The van der Waals surface area contributed by atoms with E-state index in [2.05, 4.69) is 20.4 Å². The monoisotopic (exact) mass is 287 g/mol. The fourth-order valence-electron chi connectivity index (χ4n) is 2.40. The zero-order chi connectivity index (χ0) is 14.8. The average Bonchev–Trinajstić information content (AvgIpc) is 2.89. The van der Waals surface area contributed by atoms with E-state index in [1.54, 1.807) is 18.5 Å². The van der Waals surface area contributed by atoms with Crippen LogP contribution in [0.25, 0.3) is 0 Å². The Kier molecular flexibility index (Phi) is 3.66. The maximum Gasteiger partial charge on any atom is 0.267 e. The highest BCUT2D eigenvalue weighted by Gasteiger charge is 2.31. The van der Waals surface area contributed by atoms with Crippen molar-refractivity contribution in [3.05, 3.63) is 46.3 Å². The first-order valence-electron chi connectivity index (χ1n) is 6.83. The van der Waals surface area contributed by atoms with Gasteiger partial charge in [0.05, 0.1) is 36.8 Å². The van der Waals surface area contributed by atoms with Gasteiger partial charge in [0.1, 0.15) is 11.9 Å². The summed E-state index contributed by atoms with van der Waals surface area (Å²) in [6.07, 6.45) is 3.36. The molecule has 1 fully saturated rings. The summed E-state index contributed by atoms with van der Waals surface area (Å²) in [5.41, 5.74) is 1.51. The molecule has 0 spiro atoms. The van der Waals surface area contributed by atoms with Gasteiger partial charge in [-0.05, 0) is 19.9 Å². The Labute approximate surface area is 122 Å². The van der Waals surface area contributed by atoms with Gasteiger partial charge in [-0.15, -0.1) is 0 Å². The van der Waals surface area contributed by atoms with Crippen LogP contribution in [0.4, 0.5) is 5.82 Å². The quantitative estimate of drug-likeness (QED) is 0.895. The van der Waals surface area contributed by atoms with E-state index in [1.807, 2.05) is 13.8 Å². The summed E-state index contributed by atoms with van der Waals surface area (Å²) in [6, 6.07) is 3.03. The van der Waals surface area contributed by atoms with Crippen LogP contribution >= 0.6 is 0 Å². The highest BCUT2D eigenvalue weighted by atomic mass is 16.5. The molecular formula is C14H17N5O2. The molecule has 3 rings (SSSR count). The number of aromatic nitrogens is 4. The van der Waals surface area contributed by atoms with E-state index in [4.69, 9.17) is 4.74 Å². The molecule has 21 heavy (non-hydrogen) atoms. The van der Waals surface area contributed by atoms with Crippen molar-refractivity contribution >= 4 is 5.82 Å². The molecule has 1 saturated heterocycles. The second kappa shape index (κ2) is 5.61. The molecule has 0 aliphatic carbocycles. The van der Waals surface area contributed by atoms with Crippen molar-refractivity contribution < 1.29 is 4.74 Å². The zero-order valence-corrected chi connectivity index (χ0v) is 12.0. The van der Waals surface area contributed by atoms with Gasteiger partial charge < -0.3 is 10.1 Å². The molecule has 0 radical (unpaired) electrons. The van der Waals surface area contributed by atoms with Crippen molar-refractivity contribution in [2.45, 2.75) is 25.9 Å². The molecule has 2 aromatic heterocycles. The maximum absolute atomic E-state index is 12.0. The minimum absolute atomic E-state index is 0.0619. The van der Waals surface area contributed by atoms with Crippen molar-refractivity contribution in [3.63, 3.8) is 0 Å². The van der Waals surface area contributed by atoms with Crippen molar-refractivity contribution in [3.8, 4) is 0 Å². The van der Waals surface area contributed by atoms with Crippen molar-refractivity contribution in [2.24, 2.45) is 0 Å². The molecule has 2 unspecified atom stereocenters. The predicted octanol–water partition coefficient (Wildman–Crippen LogP) is 0.702. The number of aryl methyl sites for hydroxylation is 2. The molecule has 0 amide bonds. The van der Waals surface area contributed by atoms with Crippen LogP contribution in [0.5, 0.6) is 0 Å². The van der Waals surface area contributed by atoms with Crippen LogP contribution in [0.1, 0.15) is 17.4 Å². The largest absolute Gasteiger partial charge is 0.377 e. The summed E-state index contributed by atoms with van der Waals surface area (Å²) in [5, 5.41) is 7.59. The van der Waals surface area contributed by atoms with Crippen LogP contribution in [0.15, 0.2) is 29.3 Å². The molecule has 2 aromatic rings. The van der Waals surface area contributed by atoms with Crippen LogP contribution in [0, 0.1) is 13.8 Å². The fraction of sp³-hybridized carbons (Fsp3) is 0.429. The molecule has 3 heterocycles. The van der Waals surface area contributed by atoms with Crippen molar-refractivity contribution in [1.82, 2.24) is 19.7 Å². The Morgan fingerprint density at radius 1 is 1.24 bits per heavy atom. The lowest BCUT2D eigenvalue weighted by atomic mass is 10.1. The fourth-order valence-corrected chi connectivity index (χ4v) is 2.40. The second-order valence-electron chi connectivity index (χ2n) is 5.16. The third-order valence-corrected chi connectivity index (χ3v) is 3.41. The van der Waals surface area contributed by atoms with E-state index in [-0.39, 0.29) is 17.6 Å². The van der Waals surface area contributed by atoms with Gasteiger partial charge in [-0.3, -0.25) is 9.78 Å².